The van der Waals surface area contributed by atoms with Gasteiger partial charge in [0.2, 0.25) is 5.89 Å². The SMILES string of the molecule is Cc1ccc2oc(Nc3nnc(C4CCCC4)o3)nc2c1. The summed E-state index contributed by atoms with van der Waals surface area (Å²) < 4.78 is 11.3. The molecule has 6 heteroatoms. The highest BCUT2D eigenvalue weighted by Gasteiger charge is 2.23. The van der Waals surface area contributed by atoms with Gasteiger partial charge < -0.3 is 8.83 Å². The van der Waals surface area contributed by atoms with E-state index in [0.29, 0.717) is 23.8 Å². The zero-order valence-electron chi connectivity index (χ0n) is 11.8. The van der Waals surface area contributed by atoms with Crippen LogP contribution in [0.5, 0.6) is 0 Å². The number of oxazole rings is 1. The van der Waals surface area contributed by atoms with E-state index < -0.39 is 0 Å². The van der Waals surface area contributed by atoms with Gasteiger partial charge in [-0.25, -0.2) is 0 Å². The number of nitrogens with one attached hydrogen (secondary N) is 1. The summed E-state index contributed by atoms with van der Waals surface area (Å²) in [6.45, 7) is 2.02. The Morgan fingerprint density at radius 3 is 2.81 bits per heavy atom. The molecule has 1 aliphatic rings. The van der Waals surface area contributed by atoms with Crippen molar-refractivity contribution in [1.82, 2.24) is 15.2 Å². The quantitative estimate of drug-likeness (QED) is 0.785. The fourth-order valence-corrected chi connectivity index (χ4v) is 2.81. The third-order valence-electron chi connectivity index (χ3n) is 3.90. The zero-order valence-corrected chi connectivity index (χ0v) is 11.8. The van der Waals surface area contributed by atoms with Crippen molar-refractivity contribution < 1.29 is 8.83 Å². The summed E-state index contributed by atoms with van der Waals surface area (Å²) in [7, 11) is 0. The van der Waals surface area contributed by atoms with Crippen LogP contribution in [0.3, 0.4) is 0 Å². The van der Waals surface area contributed by atoms with Crippen molar-refractivity contribution in [2.75, 3.05) is 5.32 Å². The predicted molar refractivity (Wildman–Crippen MR) is 77.5 cm³/mol. The van der Waals surface area contributed by atoms with Crippen LogP contribution >= 0.6 is 0 Å². The lowest BCUT2D eigenvalue weighted by molar-refractivity contribution is 0.457. The van der Waals surface area contributed by atoms with Gasteiger partial charge in [-0.15, -0.1) is 5.10 Å². The van der Waals surface area contributed by atoms with Crippen LogP contribution in [0.2, 0.25) is 0 Å². The van der Waals surface area contributed by atoms with Crippen molar-refractivity contribution >= 4 is 23.1 Å². The Hall–Kier alpha value is -2.37. The summed E-state index contributed by atoms with van der Waals surface area (Å²) in [5.41, 5.74) is 2.69. The molecule has 1 aromatic carbocycles. The van der Waals surface area contributed by atoms with Gasteiger partial charge in [0.05, 0.1) is 0 Å². The molecule has 2 heterocycles. The molecule has 0 amide bonds. The Bertz CT molecular complexity index is 771. The molecule has 0 atom stereocenters. The van der Waals surface area contributed by atoms with Crippen molar-refractivity contribution in [2.24, 2.45) is 0 Å². The summed E-state index contributed by atoms with van der Waals surface area (Å²) in [4.78, 5) is 4.37. The van der Waals surface area contributed by atoms with Crippen molar-refractivity contribution in [3.63, 3.8) is 0 Å². The van der Waals surface area contributed by atoms with E-state index in [0.717, 1.165) is 29.5 Å². The molecular formula is C15H16N4O2. The summed E-state index contributed by atoms with van der Waals surface area (Å²) in [6, 6.07) is 6.57. The van der Waals surface area contributed by atoms with Gasteiger partial charge in [-0.3, -0.25) is 5.32 Å². The Morgan fingerprint density at radius 2 is 1.95 bits per heavy atom. The molecule has 4 rings (SSSR count). The lowest BCUT2D eigenvalue weighted by Crippen LogP contribution is -1.91. The molecule has 1 N–H and O–H groups in total. The summed E-state index contributed by atoms with van der Waals surface area (Å²) >= 11 is 0. The van der Waals surface area contributed by atoms with Gasteiger partial charge in [0.25, 0.3) is 0 Å². The Labute approximate surface area is 121 Å². The van der Waals surface area contributed by atoms with Crippen molar-refractivity contribution in [3.05, 3.63) is 29.7 Å². The molecule has 0 spiro atoms. The molecular weight excluding hydrogens is 268 g/mol. The van der Waals surface area contributed by atoms with Crippen LogP contribution in [0.1, 0.15) is 43.1 Å². The van der Waals surface area contributed by atoms with Crippen LogP contribution in [0.25, 0.3) is 11.1 Å². The maximum Gasteiger partial charge on any atom is 0.323 e. The fourth-order valence-electron chi connectivity index (χ4n) is 2.81. The van der Waals surface area contributed by atoms with E-state index in [1.807, 2.05) is 25.1 Å². The van der Waals surface area contributed by atoms with E-state index in [2.05, 4.69) is 20.5 Å². The Morgan fingerprint density at radius 1 is 1.10 bits per heavy atom. The standard InChI is InChI=1S/C15H16N4O2/c1-9-6-7-12-11(8-9)16-14(20-12)17-15-19-18-13(21-15)10-4-2-3-5-10/h6-8,10H,2-5H2,1H3,(H,16,17,19). The highest BCUT2D eigenvalue weighted by Crippen LogP contribution is 2.34. The second-order valence-electron chi connectivity index (χ2n) is 5.54. The lowest BCUT2D eigenvalue weighted by atomic mass is 10.1. The topological polar surface area (TPSA) is 77.0 Å². The third kappa shape index (κ3) is 2.37. The van der Waals surface area contributed by atoms with Crippen molar-refractivity contribution in [2.45, 2.75) is 38.5 Å². The number of benzene rings is 1. The van der Waals surface area contributed by atoms with Crippen LogP contribution in [0, 0.1) is 6.92 Å². The molecule has 0 saturated heterocycles. The van der Waals surface area contributed by atoms with E-state index in [9.17, 15) is 0 Å². The second kappa shape index (κ2) is 4.87. The number of rotatable bonds is 3. The minimum absolute atomic E-state index is 0.333. The number of fused-ring (bicyclic) bond motifs is 1. The van der Waals surface area contributed by atoms with Crippen LogP contribution in [-0.4, -0.2) is 15.2 Å². The highest BCUT2D eigenvalue weighted by atomic mass is 16.4. The molecule has 2 aromatic heterocycles. The van der Waals surface area contributed by atoms with Crippen molar-refractivity contribution in [3.8, 4) is 0 Å². The maximum atomic E-state index is 5.66. The van der Waals surface area contributed by atoms with Gasteiger partial charge >= 0.3 is 12.0 Å². The van der Waals surface area contributed by atoms with E-state index in [1.165, 1.54) is 12.8 Å². The van der Waals surface area contributed by atoms with Crippen LogP contribution in [0.4, 0.5) is 12.0 Å². The van der Waals surface area contributed by atoms with Crippen LogP contribution in [-0.2, 0) is 0 Å². The molecule has 0 aliphatic heterocycles. The van der Waals surface area contributed by atoms with Gasteiger partial charge in [-0.2, -0.15) is 4.98 Å². The number of hydrogen-bond acceptors (Lipinski definition) is 6. The normalized spacial score (nSPS) is 15.9. The van der Waals surface area contributed by atoms with Crippen LogP contribution < -0.4 is 5.32 Å². The van der Waals surface area contributed by atoms with Gasteiger partial charge in [0.15, 0.2) is 5.58 Å². The minimum Gasteiger partial charge on any atom is -0.423 e. The lowest BCUT2D eigenvalue weighted by Gasteiger charge is -2.00. The highest BCUT2D eigenvalue weighted by molar-refractivity contribution is 5.75. The predicted octanol–water partition coefficient (Wildman–Crippen LogP) is 3.92. The molecule has 0 unspecified atom stereocenters. The number of aromatic nitrogens is 3. The molecule has 3 aromatic rings. The molecule has 1 saturated carbocycles. The summed E-state index contributed by atoms with van der Waals surface area (Å²) in [5.74, 6) is 1.11. The van der Waals surface area contributed by atoms with Gasteiger partial charge in [-0.1, -0.05) is 24.0 Å². The summed E-state index contributed by atoms with van der Waals surface area (Å²) in [5, 5.41) is 11.1. The minimum atomic E-state index is 0.333. The first kappa shape index (κ1) is 12.4. The number of hydrogen-bond donors (Lipinski definition) is 1. The van der Waals surface area contributed by atoms with E-state index in [1.54, 1.807) is 0 Å². The number of nitrogens with zero attached hydrogens (tertiary/aromatic N) is 3. The Balaban J connectivity index is 1.56. The number of anilines is 2. The fraction of sp³-hybridized carbons (Fsp3) is 0.400. The van der Waals surface area contributed by atoms with E-state index in [4.69, 9.17) is 8.83 Å². The molecule has 6 nitrogen and oxygen atoms in total. The molecule has 21 heavy (non-hydrogen) atoms. The molecule has 1 aliphatic carbocycles. The summed E-state index contributed by atoms with van der Waals surface area (Å²) in [6.07, 6.45) is 4.73. The average molecular weight is 284 g/mol. The third-order valence-corrected chi connectivity index (χ3v) is 3.90. The maximum absolute atomic E-state index is 5.66. The van der Waals surface area contributed by atoms with Gasteiger partial charge in [-0.05, 0) is 37.5 Å². The van der Waals surface area contributed by atoms with E-state index in [-0.39, 0.29) is 0 Å². The average Bonchev–Trinajstić information content (AvgIpc) is 3.16. The molecule has 108 valence electrons. The zero-order chi connectivity index (χ0) is 14.2. The smallest absolute Gasteiger partial charge is 0.323 e. The van der Waals surface area contributed by atoms with Gasteiger partial charge in [0.1, 0.15) is 5.52 Å². The van der Waals surface area contributed by atoms with Crippen molar-refractivity contribution in [1.29, 1.82) is 0 Å². The van der Waals surface area contributed by atoms with E-state index >= 15 is 0 Å². The molecule has 1 fully saturated rings. The van der Waals surface area contributed by atoms with Crippen LogP contribution in [0.15, 0.2) is 27.0 Å². The monoisotopic (exact) mass is 284 g/mol. The molecule has 0 bridgehead atoms. The largest absolute Gasteiger partial charge is 0.423 e. The first-order valence-corrected chi connectivity index (χ1v) is 7.25. The Kier molecular flexibility index (Phi) is 2.87. The number of aryl methyl sites for hydroxylation is 1. The first-order chi connectivity index (χ1) is 10.3. The molecule has 0 radical (unpaired) electrons. The second-order valence-corrected chi connectivity index (χ2v) is 5.54. The van der Waals surface area contributed by atoms with Gasteiger partial charge in [0, 0.05) is 5.92 Å². The first-order valence-electron chi connectivity index (χ1n) is 7.25.